The number of aryl methyl sites for hydroxylation is 1. The minimum atomic E-state index is -0.126. The van der Waals surface area contributed by atoms with Gasteiger partial charge in [0, 0.05) is 38.9 Å². The minimum absolute atomic E-state index is 0.00100. The third kappa shape index (κ3) is 4.97. The molecule has 1 N–H and O–H groups in total. The van der Waals surface area contributed by atoms with Crippen molar-refractivity contribution in [2.45, 2.75) is 13.0 Å². The van der Waals surface area contributed by atoms with Crippen molar-refractivity contribution in [1.29, 1.82) is 0 Å². The van der Waals surface area contributed by atoms with Gasteiger partial charge in [-0.05, 0) is 19.1 Å². The van der Waals surface area contributed by atoms with Crippen molar-refractivity contribution in [3.8, 4) is 0 Å². The van der Waals surface area contributed by atoms with Crippen LogP contribution in [0.2, 0.25) is 0 Å². The summed E-state index contributed by atoms with van der Waals surface area (Å²) in [4.78, 5) is 16.2. The predicted octanol–water partition coefficient (Wildman–Crippen LogP) is 0.549. The molecule has 2 aromatic rings. The largest absolute Gasteiger partial charge is 0.374 e. The van der Waals surface area contributed by atoms with Crippen molar-refractivity contribution in [3.63, 3.8) is 0 Å². The van der Waals surface area contributed by atoms with Crippen molar-refractivity contribution in [3.05, 3.63) is 30.1 Å². The van der Waals surface area contributed by atoms with E-state index in [1.807, 2.05) is 24.1 Å². The molecule has 25 heavy (non-hydrogen) atoms. The summed E-state index contributed by atoms with van der Waals surface area (Å²) in [5.74, 6) is 1.04. The number of likely N-dealkylation sites (N-methyl/N-ethyl adjacent to an activating group) is 1. The first-order valence-corrected chi connectivity index (χ1v) is 8.16. The van der Waals surface area contributed by atoms with E-state index in [0.29, 0.717) is 32.1 Å². The molecule has 1 aliphatic rings. The van der Waals surface area contributed by atoms with Crippen LogP contribution in [0.3, 0.4) is 0 Å². The molecule has 1 saturated heterocycles. The van der Waals surface area contributed by atoms with E-state index in [4.69, 9.17) is 9.26 Å². The normalized spacial score (nSPS) is 18.1. The van der Waals surface area contributed by atoms with Crippen LogP contribution in [0, 0.1) is 6.92 Å². The fraction of sp³-hybridized carbons (Fsp3) is 0.500. The van der Waals surface area contributed by atoms with Crippen LogP contribution in [-0.2, 0) is 9.53 Å². The summed E-state index contributed by atoms with van der Waals surface area (Å²) in [6, 6.07) is 5.44. The Balaban J connectivity index is 1.48. The SMILES string of the molecule is Cc1cc(NC(=O)CN2CCO[C@@H](CN(C)c3cccnn3)C2)on1. The van der Waals surface area contributed by atoms with Crippen molar-refractivity contribution < 1.29 is 14.1 Å². The number of hydrogen-bond donors (Lipinski definition) is 1. The molecule has 9 nitrogen and oxygen atoms in total. The fourth-order valence-electron chi connectivity index (χ4n) is 2.73. The van der Waals surface area contributed by atoms with Crippen LogP contribution in [0.25, 0.3) is 0 Å². The van der Waals surface area contributed by atoms with E-state index in [0.717, 1.165) is 11.5 Å². The van der Waals surface area contributed by atoms with Gasteiger partial charge in [0.2, 0.25) is 11.8 Å². The molecular weight excluding hydrogens is 324 g/mol. The van der Waals surface area contributed by atoms with Crippen LogP contribution in [0.15, 0.2) is 28.9 Å². The van der Waals surface area contributed by atoms with Gasteiger partial charge in [0.05, 0.1) is 24.9 Å². The molecule has 0 radical (unpaired) electrons. The van der Waals surface area contributed by atoms with Crippen LogP contribution >= 0.6 is 0 Å². The molecule has 1 fully saturated rings. The van der Waals surface area contributed by atoms with Crippen molar-refractivity contribution >= 4 is 17.6 Å². The van der Waals surface area contributed by atoms with Gasteiger partial charge in [-0.25, -0.2) is 0 Å². The van der Waals surface area contributed by atoms with Gasteiger partial charge >= 0.3 is 0 Å². The Labute approximate surface area is 145 Å². The second kappa shape index (κ2) is 8.04. The standard InChI is InChI=1S/C16H22N6O3/c1-12-8-16(25-20-12)18-15(23)11-22-6-7-24-13(10-22)9-21(2)14-4-3-5-17-19-14/h3-5,8,13H,6-7,9-11H2,1-2H3,(H,18,23)/t13-/m0/s1. The molecular formula is C16H22N6O3. The number of amides is 1. The molecule has 134 valence electrons. The topological polar surface area (TPSA) is 96.6 Å². The lowest BCUT2D eigenvalue weighted by molar-refractivity contribution is -0.119. The molecule has 1 amide bonds. The maximum atomic E-state index is 12.1. The molecule has 1 aliphatic heterocycles. The highest BCUT2D eigenvalue weighted by Crippen LogP contribution is 2.12. The highest BCUT2D eigenvalue weighted by molar-refractivity contribution is 5.90. The predicted molar refractivity (Wildman–Crippen MR) is 91.4 cm³/mol. The van der Waals surface area contributed by atoms with Gasteiger partial charge in [-0.2, -0.15) is 5.10 Å². The van der Waals surface area contributed by atoms with Crippen LogP contribution in [-0.4, -0.2) is 72.1 Å². The number of nitrogens with zero attached hydrogens (tertiary/aromatic N) is 5. The van der Waals surface area contributed by atoms with Gasteiger partial charge in [-0.15, -0.1) is 5.10 Å². The number of carbonyl (C=O) groups is 1. The first-order valence-electron chi connectivity index (χ1n) is 8.16. The molecule has 0 aromatic carbocycles. The molecule has 0 unspecified atom stereocenters. The smallest absolute Gasteiger partial charge is 0.240 e. The third-order valence-corrected chi connectivity index (χ3v) is 3.91. The monoisotopic (exact) mass is 346 g/mol. The zero-order valence-corrected chi connectivity index (χ0v) is 14.4. The van der Waals surface area contributed by atoms with Crippen molar-refractivity contribution in [1.82, 2.24) is 20.3 Å². The summed E-state index contributed by atoms with van der Waals surface area (Å²) in [7, 11) is 1.95. The molecule has 0 aliphatic carbocycles. The van der Waals surface area contributed by atoms with E-state index < -0.39 is 0 Å². The second-order valence-electron chi connectivity index (χ2n) is 6.07. The van der Waals surface area contributed by atoms with E-state index in [1.165, 1.54) is 0 Å². The lowest BCUT2D eigenvalue weighted by Crippen LogP contribution is -2.49. The first kappa shape index (κ1) is 17.3. The van der Waals surface area contributed by atoms with Crippen molar-refractivity contribution in [2.24, 2.45) is 0 Å². The quantitative estimate of drug-likeness (QED) is 0.810. The molecule has 2 aromatic heterocycles. The van der Waals surface area contributed by atoms with E-state index in [9.17, 15) is 4.79 Å². The van der Waals surface area contributed by atoms with Gasteiger partial charge in [-0.1, -0.05) is 5.16 Å². The Hall–Kier alpha value is -2.52. The number of morpholine rings is 1. The van der Waals surface area contributed by atoms with Crippen LogP contribution in [0.5, 0.6) is 0 Å². The molecule has 3 rings (SSSR count). The zero-order chi connectivity index (χ0) is 17.6. The van der Waals surface area contributed by atoms with Gasteiger partial charge in [-0.3, -0.25) is 15.0 Å². The minimum Gasteiger partial charge on any atom is -0.374 e. The number of aromatic nitrogens is 3. The van der Waals surface area contributed by atoms with Gasteiger partial charge < -0.3 is 14.2 Å². The summed E-state index contributed by atoms with van der Waals surface area (Å²) >= 11 is 0. The van der Waals surface area contributed by atoms with Gasteiger partial charge in [0.25, 0.3) is 0 Å². The fourth-order valence-corrected chi connectivity index (χ4v) is 2.73. The molecule has 9 heteroatoms. The summed E-state index contributed by atoms with van der Waals surface area (Å²) < 4.78 is 10.8. The van der Waals surface area contributed by atoms with E-state index in [-0.39, 0.29) is 18.6 Å². The molecule has 0 spiro atoms. The van der Waals surface area contributed by atoms with E-state index >= 15 is 0 Å². The average molecular weight is 346 g/mol. The lowest BCUT2D eigenvalue weighted by Gasteiger charge is -2.34. The van der Waals surface area contributed by atoms with E-state index in [1.54, 1.807) is 19.2 Å². The van der Waals surface area contributed by atoms with E-state index in [2.05, 4.69) is 25.6 Å². The number of anilines is 2. The average Bonchev–Trinajstić information content (AvgIpc) is 3.00. The maximum Gasteiger partial charge on any atom is 0.240 e. The second-order valence-corrected chi connectivity index (χ2v) is 6.07. The maximum absolute atomic E-state index is 12.1. The first-order chi connectivity index (χ1) is 12.1. The van der Waals surface area contributed by atoms with Crippen LogP contribution < -0.4 is 10.2 Å². The van der Waals surface area contributed by atoms with Crippen LogP contribution in [0.4, 0.5) is 11.7 Å². The number of nitrogens with one attached hydrogen (secondary N) is 1. The number of carbonyl (C=O) groups excluding carboxylic acids is 1. The Kier molecular flexibility index (Phi) is 5.56. The summed E-state index contributed by atoms with van der Waals surface area (Å²) in [5, 5.41) is 14.4. The highest BCUT2D eigenvalue weighted by Gasteiger charge is 2.24. The molecule has 3 heterocycles. The Bertz CT molecular complexity index is 692. The van der Waals surface area contributed by atoms with Gasteiger partial charge in [0.1, 0.15) is 0 Å². The molecule has 1 atom stereocenters. The number of hydrogen-bond acceptors (Lipinski definition) is 8. The summed E-state index contributed by atoms with van der Waals surface area (Å²) in [6.07, 6.45) is 1.64. The van der Waals surface area contributed by atoms with Gasteiger partial charge in [0.15, 0.2) is 5.82 Å². The third-order valence-electron chi connectivity index (χ3n) is 3.91. The Morgan fingerprint density at radius 2 is 2.40 bits per heavy atom. The van der Waals surface area contributed by atoms with Crippen molar-refractivity contribution in [2.75, 3.05) is 50.1 Å². The molecule has 0 saturated carbocycles. The summed E-state index contributed by atoms with van der Waals surface area (Å²) in [5.41, 5.74) is 0.730. The Morgan fingerprint density at radius 1 is 1.52 bits per heavy atom. The van der Waals surface area contributed by atoms with Crippen LogP contribution in [0.1, 0.15) is 5.69 Å². The number of ether oxygens (including phenoxy) is 1. The summed E-state index contributed by atoms with van der Waals surface area (Å²) in [6.45, 7) is 4.75. The Morgan fingerprint density at radius 3 is 3.12 bits per heavy atom. The lowest BCUT2D eigenvalue weighted by atomic mass is 10.2. The highest BCUT2D eigenvalue weighted by atomic mass is 16.5. The number of rotatable bonds is 6. The zero-order valence-electron chi connectivity index (χ0n) is 14.4. The molecule has 0 bridgehead atoms.